The van der Waals surface area contributed by atoms with Gasteiger partial charge in [-0.2, -0.15) is 9.61 Å². The fourth-order valence-electron chi connectivity index (χ4n) is 3.29. The van der Waals surface area contributed by atoms with Crippen molar-refractivity contribution in [3.05, 3.63) is 91.2 Å². The van der Waals surface area contributed by atoms with E-state index in [1.807, 2.05) is 68.4 Å². The molecular formula is C21H16BrN3O2. The van der Waals surface area contributed by atoms with Crippen molar-refractivity contribution >= 4 is 21.4 Å². The van der Waals surface area contributed by atoms with E-state index in [2.05, 4.69) is 26.0 Å². The van der Waals surface area contributed by atoms with Crippen molar-refractivity contribution < 1.29 is 0 Å². The molecule has 0 fully saturated rings. The lowest BCUT2D eigenvalue weighted by Crippen LogP contribution is -2.29. The molecule has 0 saturated carbocycles. The smallest absolute Gasteiger partial charge is 0.272 e. The number of halogens is 1. The van der Waals surface area contributed by atoms with Gasteiger partial charge in [0.25, 0.3) is 5.56 Å². The number of aryl methyl sites for hydroxylation is 2. The third-order valence-corrected chi connectivity index (χ3v) is 5.32. The second kappa shape index (κ2) is 6.63. The molecule has 2 heterocycles. The Kier molecular flexibility index (Phi) is 4.28. The van der Waals surface area contributed by atoms with Gasteiger partial charge in [-0.1, -0.05) is 58.4 Å². The topological polar surface area (TPSA) is 67.2 Å². The van der Waals surface area contributed by atoms with Crippen LogP contribution in [0.25, 0.3) is 27.8 Å². The van der Waals surface area contributed by atoms with E-state index in [9.17, 15) is 9.59 Å². The minimum absolute atomic E-state index is 0.418. The average Bonchev–Trinajstić information content (AvgIpc) is 2.64. The highest BCUT2D eigenvalue weighted by atomic mass is 79.9. The molecule has 0 spiro atoms. The lowest BCUT2D eigenvalue weighted by molar-refractivity contribution is 0.816. The van der Waals surface area contributed by atoms with Gasteiger partial charge in [0.2, 0.25) is 0 Å². The van der Waals surface area contributed by atoms with E-state index in [4.69, 9.17) is 0 Å². The quantitative estimate of drug-likeness (QED) is 0.529. The number of hydrogen-bond acceptors (Lipinski definition) is 3. The molecule has 0 bridgehead atoms. The minimum Gasteiger partial charge on any atom is -0.272 e. The van der Waals surface area contributed by atoms with E-state index >= 15 is 0 Å². The van der Waals surface area contributed by atoms with Gasteiger partial charge in [0.1, 0.15) is 0 Å². The summed E-state index contributed by atoms with van der Waals surface area (Å²) in [6, 6.07) is 17.3. The molecule has 0 aliphatic rings. The molecule has 5 nitrogen and oxygen atoms in total. The summed E-state index contributed by atoms with van der Waals surface area (Å²) in [5, 5.41) is 4.46. The summed E-state index contributed by atoms with van der Waals surface area (Å²) >= 11 is 3.57. The molecule has 0 radical (unpaired) electrons. The molecule has 0 unspecified atom stereocenters. The number of benzene rings is 2. The molecule has 2 aromatic heterocycles. The van der Waals surface area contributed by atoms with Crippen LogP contribution in [-0.2, 0) is 0 Å². The molecule has 0 aliphatic heterocycles. The number of rotatable bonds is 2. The lowest BCUT2D eigenvalue weighted by Gasteiger charge is -2.13. The second-order valence-corrected chi connectivity index (χ2v) is 7.22. The number of aromatic amines is 1. The van der Waals surface area contributed by atoms with Crippen LogP contribution < -0.4 is 11.2 Å². The maximum Gasteiger partial charge on any atom is 0.349 e. The molecule has 27 heavy (non-hydrogen) atoms. The number of nitrogens with zero attached hydrogens (tertiary/aromatic N) is 2. The van der Waals surface area contributed by atoms with Gasteiger partial charge in [-0.15, -0.1) is 0 Å². The summed E-state index contributed by atoms with van der Waals surface area (Å²) in [7, 11) is 0. The molecule has 0 amide bonds. The Morgan fingerprint density at radius 3 is 2.30 bits per heavy atom. The average molecular weight is 422 g/mol. The van der Waals surface area contributed by atoms with Gasteiger partial charge >= 0.3 is 5.69 Å². The van der Waals surface area contributed by atoms with Crippen molar-refractivity contribution in [2.45, 2.75) is 13.8 Å². The predicted octanol–water partition coefficient (Wildman–Crippen LogP) is 4.10. The first kappa shape index (κ1) is 17.4. The first-order valence-corrected chi connectivity index (χ1v) is 9.24. The van der Waals surface area contributed by atoms with Crippen LogP contribution in [0.2, 0.25) is 0 Å². The third-order valence-electron chi connectivity index (χ3n) is 4.62. The number of fused-ring (bicyclic) bond motifs is 1. The zero-order valence-corrected chi connectivity index (χ0v) is 16.4. The van der Waals surface area contributed by atoms with Crippen molar-refractivity contribution in [2.75, 3.05) is 0 Å². The van der Waals surface area contributed by atoms with Crippen LogP contribution in [-0.4, -0.2) is 14.6 Å². The Hall–Kier alpha value is -2.99. The minimum atomic E-state index is -0.547. The molecular weight excluding hydrogens is 406 g/mol. The molecule has 134 valence electrons. The normalized spacial score (nSPS) is 11.1. The van der Waals surface area contributed by atoms with E-state index in [-0.39, 0.29) is 0 Å². The molecule has 4 rings (SSSR count). The number of hydrogen-bond donors (Lipinski definition) is 1. The van der Waals surface area contributed by atoms with Crippen molar-refractivity contribution in [1.29, 1.82) is 0 Å². The number of aromatic nitrogens is 3. The molecule has 0 saturated heterocycles. The second-order valence-electron chi connectivity index (χ2n) is 6.37. The van der Waals surface area contributed by atoms with Gasteiger partial charge in [-0.05, 0) is 42.7 Å². The Morgan fingerprint density at radius 1 is 0.926 bits per heavy atom. The van der Waals surface area contributed by atoms with Gasteiger partial charge < -0.3 is 0 Å². The summed E-state index contributed by atoms with van der Waals surface area (Å²) < 4.78 is 2.18. The maximum atomic E-state index is 12.7. The van der Waals surface area contributed by atoms with Crippen LogP contribution in [0.1, 0.15) is 11.3 Å². The van der Waals surface area contributed by atoms with Crippen molar-refractivity contribution in [3.63, 3.8) is 0 Å². The van der Waals surface area contributed by atoms with Crippen LogP contribution in [0.3, 0.4) is 0 Å². The first-order chi connectivity index (χ1) is 13.0. The van der Waals surface area contributed by atoms with Crippen LogP contribution >= 0.6 is 15.9 Å². The zero-order chi connectivity index (χ0) is 19.1. The molecule has 6 heteroatoms. The summed E-state index contributed by atoms with van der Waals surface area (Å²) in [6.45, 7) is 3.78. The van der Waals surface area contributed by atoms with Crippen LogP contribution in [0.4, 0.5) is 0 Å². The van der Waals surface area contributed by atoms with Crippen LogP contribution in [0.5, 0.6) is 0 Å². The Bertz CT molecular complexity index is 1310. The number of nitrogens with one attached hydrogen (secondary N) is 1. The first-order valence-electron chi connectivity index (χ1n) is 8.45. The monoisotopic (exact) mass is 421 g/mol. The Balaban J connectivity index is 2.16. The van der Waals surface area contributed by atoms with Gasteiger partial charge in [-0.25, -0.2) is 4.79 Å². The maximum absolute atomic E-state index is 12.7. The highest BCUT2D eigenvalue weighted by Crippen LogP contribution is 2.32. The number of H-pyrrole nitrogens is 1. The van der Waals surface area contributed by atoms with Crippen LogP contribution in [0, 0.1) is 13.8 Å². The summed E-state index contributed by atoms with van der Waals surface area (Å²) in [6.07, 6.45) is 0. The fourth-order valence-corrected chi connectivity index (χ4v) is 3.79. The van der Waals surface area contributed by atoms with Crippen molar-refractivity contribution in [1.82, 2.24) is 14.6 Å². The van der Waals surface area contributed by atoms with Gasteiger partial charge in [-0.3, -0.25) is 9.78 Å². The zero-order valence-electron chi connectivity index (χ0n) is 14.8. The predicted molar refractivity (Wildman–Crippen MR) is 110 cm³/mol. The molecule has 0 atom stereocenters. The summed E-state index contributed by atoms with van der Waals surface area (Å²) in [4.78, 5) is 27.5. The highest BCUT2D eigenvalue weighted by molar-refractivity contribution is 9.10. The Morgan fingerprint density at radius 2 is 1.59 bits per heavy atom. The molecule has 0 aliphatic carbocycles. The lowest BCUT2D eigenvalue weighted by atomic mass is 9.99. The Labute approximate surface area is 163 Å². The van der Waals surface area contributed by atoms with Gasteiger partial charge in [0.15, 0.2) is 0 Å². The van der Waals surface area contributed by atoms with Crippen LogP contribution in [0.15, 0.2) is 68.7 Å². The third kappa shape index (κ3) is 2.92. The van der Waals surface area contributed by atoms with E-state index in [1.165, 1.54) is 4.52 Å². The fraction of sp³-hybridized carbons (Fsp3) is 0.0952. The van der Waals surface area contributed by atoms with E-state index in [0.717, 1.165) is 26.7 Å². The molecule has 4 aromatic rings. The van der Waals surface area contributed by atoms with Gasteiger partial charge in [0.05, 0.1) is 16.8 Å². The largest absolute Gasteiger partial charge is 0.349 e. The molecule has 2 aromatic carbocycles. The standard InChI is InChI=1S/C21H16BrN3O2/c1-12-7-3-4-8-14(12)19-18-11-16(15-9-5-6-10-17(15)22)13(2)24-25(18)21(27)23-20(19)26/h3-11H,1-2H3,(H,23,26,27). The summed E-state index contributed by atoms with van der Waals surface area (Å²) in [5.41, 5.74) is 4.19. The summed E-state index contributed by atoms with van der Waals surface area (Å²) in [5.74, 6) is 0. The van der Waals surface area contributed by atoms with Crippen molar-refractivity contribution in [3.8, 4) is 22.3 Å². The van der Waals surface area contributed by atoms with Crippen molar-refractivity contribution in [2.24, 2.45) is 0 Å². The van der Waals surface area contributed by atoms with E-state index < -0.39 is 11.2 Å². The SMILES string of the molecule is Cc1ccccc1-c1c(=O)[nH]c(=O)n2nc(C)c(-c3ccccc3Br)cc12. The van der Waals surface area contributed by atoms with Gasteiger partial charge in [0, 0.05) is 10.0 Å². The molecule has 1 N–H and O–H groups in total. The van der Waals surface area contributed by atoms with E-state index in [0.29, 0.717) is 16.8 Å². The highest BCUT2D eigenvalue weighted by Gasteiger charge is 2.17. The van der Waals surface area contributed by atoms with E-state index in [1.54, 1.807) is 0 Å².